The third kappa shape index (κ3) is 5.99. The van der Waals surface area contributed by atoms with Gasteiger partial charge < -0.3 is 4.74 Å². The molecular formula is C22H28N2OS. The maximum Gasteiger partial charge on any atom is 0.0717 e. The molecule has 3 nitrogen and oxygen atoms in total. The van der Waals surface area contributed by atoms with Gasteiger partial charge >= 0.3 is 0 Å². The van der Waals surface area contributed by atoms with Gasteiger partial charge in [-0.05, 0) is 23.5 Å². The fraction of sp³-hybridized carbons (Fsp3) is 0.364. The smallest absolute Gasteiger partial charge is 0.0717 e. The summed E-state index contributed by atoms with van der Waals surface area (Å²) < 4.78 is 8.53. The summed E-state index contributed by atoms with van der Waals surface area (Å²) in [6, 6.07) is 21.5. The molecule has 0 radical (unpaired) electrons. The van der Waals surface area contributed by atoms with Crippen molar-refractivity contribution < 1.29 is 4.74 Å². The van der Waals surface area contributed by atoms with Crippen molar-refractivity contribution >= 4 is 11.9 Å². The Morgan fingerprint density at radius 2 is 1.69 bits per heavy atom. The zero-order valence-corrected chi connectivity index (χ0v) is 16.3. The molecular weight excluding hydrogens is 340 g/mol. The summed E-state index contributed by atoms with van der Waals surface area (Å²) >= 11 is 1.81. The van der Waals surface area contributed by atoms with Crippen LogP contribution in [0.2, 0.25) is 0 Å². The van der Waals surface area contributed by atoms with Crippen LogP contribution in [0.4, 0.5) is 0 Å². The van der Waals surface area contributed by atoms with Crippen molar-refractivity contribution in [3.05, 3.63) is 83.3 Å². The predicted octanol–water partition coefficient (Wildman–Crippen LogP) is 4.57. The van der Waals surface area contributed by atoms with E-state index in [1.807, 2.05) is 6.07 Å². The summed E-state index contributed by atoms with van der Waals surface area (Å²) in [6.07, 6.45) is 2.10. The van der Waals surface area contributed by atoms with E-state index in [0.29, 0.717) is 12.6 Å². The summed E-state index contributed by atoms with van der Waals surface area (Å²) in [7, 11) is 0. The Morgan fingerprint density at radius 3 is 2.38 bits per heavy atom. The lowest BCUT2D eigenvalue weighted by atomic mass is 10.1. The van der Waals surface area contributed by atoms with Gasteiger partial charge in [0.1, 0.15) is 0 Å². The second kappa shape index (κ2) is 10.5. The average molecular weight is 369 g/mol. The molecule has 0 bridgehead atoms. The molecule has 3 rings (SSSR count). The van der Waals surface area contributed by atoms with E-state index in [9.17, 15) is 0 Å². The number of hydrogen-bond donors (Lipinski definition) is 0. The lowest BCUT2D eigenvalue weighted by Gasteiger charge is -2.40. The first-order chi connectivity index (χ1) is 12.8. The molecule has 138 valence electrons. The fourth-order valence-electron chi connectivity index (χ4n) is 3.19. The number of allylic oxidation sites excluding steroid dienone is 1. The average Bonchev–Trinajstić information content (AvgIpc) is 2.69. The van der Waals surface area contributed by atoms with Crippen molar-refractivity contribution in [1.82, 2.24) is 9.21 Å². The topological polar surface area (TPSA) is 15.7 Å². The van der Waals surface area contributed by atoms with E-state index in [1.54, 1.807) is 11.9 Å². The van der Waals surface area contributed by atoms with Crippen molar-refractivity contribution in [3.8, 4) is 0 Å². The summed E-state index contributed by atoms with van der Waals surface area (Å²) in [6.45, 7) is 7.70. The molecule has 1 aliphatic heterocycles. The van der Waals surface area contributed by atoms with Gasteiger partial charge in [-0.2, -0.15) is 0 Å². The first-order valence-electron chi connectivity index (χ1n) is 9.27. The molecule has 0 unspecified atom stereocenters. The maximum atomic E-state index is 6.06. The number of rotatable bonds is 8. The molecule has 1 fully saturated rings. The summed E-state index contributed by atoms with van der Waals surface area (Å²) in [4.78, 5) is 2.54. The normalized spacial score (nSPS) is 19.2. The van der Waals surface area contributed by atoms with Crippen molar-refractivity contribution in [2.45, 2.75) is 26.1 Å². The number of nitrogens with zero attached hydrogens (tertiary/aromatic N) is 2. The Balaban J connectivity index is 1.55. The van der Waals surface area contributed by atoms with E-state index in [-0.39, 0.29) is 0 Å². The van der Waals surface area contributed by atoms with Crippen molar-refractivity contribution in [2.24, 2.45) is 0 Å². The van der Waals surface area contributed by atoms with E-state index >= 15 is 0 Å². The SMILES string of the molecule is C/C=C\SN1CCN(Cc2ccccc2)C[C@@H]1COCc1ccccc1. The van der Waals surface area contributed by atoms with E-state index in [2.05, 4.69) is 82.2 Å². The quantitative estimate of drug-likeness (QED) is 0.634. The highest BCUT2D eigenvalue weighted by Gasteiger charge is 2.27. The van der Waals surface area contributed by atoms with Crippen LogP contribution in [0.3, 0.4) is 0 Å². The molecule has 1 saturated heterocycles. The van der Waals surface area contributed by atoms with Gasteiger partial charge in [0.05, 0.1) is 19.3 Å². The third-order valence-electron chi connectivity index (χ3n) is 4.52. The van der Waals surface area contributed by atoms with Crippen molar-refractivity contribution in [1.29, 1.82) is 0 Å². The van der Waals surface area contributed by atoms with Crippen LogP contribution in [0.25, 0.3) is 0 Å². The Labute approximate surface area is 161 Å². The standard InChI is InChI=1S/C22H28N2OS/c1-2-15-26-24-14-13-23(16-20-9-5-3-6-10-20)17-22(24)19-25-18-21-11-7-4-8-12-21/h2-12,15,22H,13-14,16-19H2,1H3/b15-2-/t22-/m1/s1. The first-order valence-corrected chi connectivity index (χ1v) is 10.1. The van der Waals surface area contributed by atoms with Crippen molar-refractivity contribution in [3.63, 3.8) is 0 Å². The van der Waals surface area contributed by atoms with Gasteiger partial charge in [0.15, 0.2) is 0 Å². The van der Waals surface area contributed by atoms with E-state index < -0.39 is 0 Å². The van der Waals surface area contributed by atoms with Crippen LogP contribution in [-0.4, -0.2) is 41.5 Å². The highest BCUT2D eigenvalue weighted by molar-refractivity contribution is 7.99. The van der Waals surface area contributed by atoms with Gasteiger partial charge in [-0.3, -0.25) is 4.90 Å². The molecule has 26 heavy (non-hydrogen) atoms. The minimum atomic E-state index is 0.400. The molecule has 2 aromatic carbocycles. The van der Waals surface area contributed by atoms with Gasteiger partial charge in [-0.25, -0.2) is 4.31 Å². The number of piperazine rings is 1. The third-order valence-corrected chi connectivity index (χ3v) is 5.66. The van der Waals surface area contributed by atoms with Crippen LogP contribution < -0.4 is 0 Å². The first kappa shape index (κ1) is 19.2. The maximum absolute atomic E-state index is 6.06. The summed E-state index contributed by atoms with van der Waals surface area (Å²) in [5.41, 5.74) is 2.61. The molecule has 4 heteroatoms. The second-order valence-corrected chi connectivity index (χ2v) is 7.54. The Morgan fingerprint density at radius 1 is 1.00 bits per heavy atom. The van der Waals surface area contributed by atoms with Crippen LogP contribution in [0.1, 0.15) is 18.1 Å². The minimum absolute atomic E-state index is 0.400. The van der Waals surface area contributed by atoms with Gasteiger partial charge in [0.25, 0.3) is 0 Å². The van der Waals surface area contributed by atoms with Crippen LogP contribution >= 0.6 is 11.9 Å². The lowest BCUT2D eigenvalue weighted by molar-refractivity contribution is 0.0408. The molecule has 0 saturated carbocycles. The molecule has 0 N–H and O–H groups in total. The lowest BCUT2D eigenvalue weighted by Crippen LogP contribution is -2.51. The fourth-order valence-corrected chi connectivity index (χ4v) is 3.95. The van der Waals surface area contributed by atoms with Gasteiger partial charge in [0, 0.05) is 26.2 Å². The molecule has 0 spiro atoms. The molecule has 0 amide bonds. The molecule has 1 heterocycles. The molecule has 2 aromatic rings. The summed E-state index contributed by atoms with van der Waals surface area (Å²) in [5.74, 6) is 0. The Kier molecular flexibility index (Phi) is 7.77. The summed E-state index contributed by atoms with van der Waals surface area (Å²) in [5, 5.41) is 2.16. The molecule has 0 aromatic heterocycles. The van der Waals surface area contributed by atoms with Crippen LogP contribution in [-0.2, 0) is 17.9 Å². The molecule has 1 atom stereocenters. The van der Waals surface area contributed by atoms with Gasteiger partial charge in [-0.15, -0.1) is 0 Å². The van der Waals surface area contributed by atoms with Crippen LogP contribution in [0.15, 0.2) is 72.1 Å². The largest absolute Gasteiger partial charge is 0.375 e. The number of ether oxygens (including phenoxy) is 1. The highest BCUT2D eigenvalue weighted by atomic mass is 32.2. The van der Waals surface area contributed by atoms with E-state index in [4.69, 9.17) is 4.74 Å². The van der Waals surface area contributed by atoms with Crippen LogP contribution in [0, 0.1) is 0 Å². The molecule has 0 aliphatic carbocycles. The highest BCUT2D eigenvalue weighted by Crippen LogP contribution is 2.22. The minimum Gasteiger partial charge on any atom is -0.375 e. The van der Waals surface area contributed by atoms with Gasteiger partial charge in [0.2, 0.25) is 0 Å². The zero-order chi connectivity index (χ0) is 18.0. The van der Waals surface area contributed by atoms with E-state index in [0.717, 1.165) is 32.8 Å². The monoisotopic (exact) mass is 368 g/mol. The Bertz CT molecular complexity index is 662. The second-order valence-electron chi connectivity index (χ2n) is 6.59. The zero-order valence-electron chi connectivity index (χ0n) is 15.5. The van der Waals surface area contributed by atoms with E-state index in [1.165, 1.54) is 11.1 Å². The Hall–Kier alpha value is -1.59. The van der Waals surface area contributed by atoms with Gasteiger partial charge in [-0.1, -0.05) is 78.7 Å². The molecule has 1 aliphatic rings. The predicted molar refractivity (Wildman–Crippen MR) is 111 cm³/mol. The van der Waals surface area contributed by atoms with Crippen LogP contribution in [0.5, 0.6) is 0 Å². The number of hydrogen-bond acceptors (Lipinski definition) is 4. The number of benzene rings is 2. The van der Waals surface area contributed by atoms with Crippen molar-refractivity contribution in [2.75, 3.05) is 26.2 Å².